The minimum Gasteiger partial charge on any atom is -0.396 e. The predicted molar refractivity (Wildman–Crippen MR) is 86.4 cm³/mol. The molecule has 2 aromatic rings. The molecule has 0 bridgehead atoms. The van der Waals surface area contributed by atoms with Crippen LogP contribution in [0.3, 0.4) is 0 Å². The van der Waals surface area contributed by atoms with Crippen LogP contribution in [0.25, 0.3) is 0 Å². The van der Waals surface area contributed by atoms with Gasteiger partial charge in [-0.1, -0.05) is 30.3 Å². The van der Waals surface area contributed by atoms with Crippen LogP contribution in [0, 0.1) is 5.92 Å². The number of aliphatic hydroxyl groups excluding tert-OH is 1. The molecule has 0 saturated carbocycles. The first kappa shape index (κ1) is 14.7. The standard InChI is InChI=1S/C17H22N2OS/c20-12-15-6-8-19(9-7-15)11-16-13-21-17(18-16)10-14-4-2-1-3-5-14/h1-5,13,15,20H,6-12H2. The van der Waals surface area contributed by atoms with Gasteiger partial charge in [0.05, 0.1) is 10.7 Å². The highest BCUT2D eigenvalue weighted by Gasteiger charge is 2.19. The number of rotatable bonds is 5. The maximum atomic E-state index is 9.18. The fourth-order valence-corrected chi connectivity index (χ4v) is 3.65. The van der Waals surface area contributed by atoms with Gasteiger partial charge in [0.15, 0.2) is 0 Å². The zero-order valence-corrected chi connectivity index (χ0v) is 13.1. The third kappa shape index (κ3) is 4.13. The lowest BCUT2D eigenvalue weighted by atomic mass is 9.98. The highest BCUT2D eigenvalue weighted by molar-refractivity contribution is 7.09. The summed E-state index contributed by atoms with van der Waals surface area (Å²) in [5.41, 5.74) is 2.51. The molecule has 2 heterocycles. The molecule has 1 saturated heterocycles. The summed E-state index contributed by atoms with van der Waals surface area (Å²) in [7, 11) is 0. The van der Waals surface area contributed by atoms with Crippen LogP contribution in [-0.4, -0.2) is 34.7 Å². The number of likely N-dealkylation sites (tertiary alicyclic amines) is 1. The van der Waals surface area contributed by atoms with E-state index in [1.165, 1.54) is 16.3 Å². The number of hydrogen-bond donors (Lipinski definition) is 1. The molecule has 1 aliphatic rings. The van der Waals surface area contributed by atoms with Crippen molar-refractivity contribution in [3.8, 4) is 0 Å². The van der Waals surface area contributed by atoms with Gasteiger partial charge in [-0.05, 0) is 37.4 Å². The van der Waals surface area contributed by atoms with E-state index in [0.717, 1.165) is 38.9 Å². The lowest BCUT2D eigenvalue weighted by Crippen LogP contribution is -2.34. The summed E-state index contributed by atoms with van der Waals surface area (Å²) in [4.78, 5) is 7.22. The van der Waals surface area contributed by atoms with E-state index in [4.69, 9.17) is 4.98 Å². The van der Waals surface area contributed by atoms with E-state index in [9.17, 15) is 5.11 Å². The smallest absolute Gasteiger partial charge is 0.0972 e. The van der Waals surface area contributed by atoms with Gasteiger partial charge in [0.25, 0.3) is 0 Å². The summed E-state index contributed by atoms with van der Waals surface area (Å²) in [5.74, 6) is 0.505. The van der Waals surface area contributed by atoms with Crippen LogP contribution in [0.5, 0.6) is 0 Å². The monoisotopic (exact) mass is 302 g/mol. The molecule has 0 atom stereocenters. The SMILES string of the molecule is OCC1CCN(Cc2csc(Cc3ccccc3)n2)CC1. The molecule has 0 amide bonds. The Morgan fingerprint density at radius 2 is 1.95 bits per heavy atom. The largest absolute Gasteiger partial charge is 0.396 e. The van der Waals surface area contributed by atoms with E-state index in [0.29, 0.717) is 12.5 Å². The molecular formula is C17H22N2OS. The van der Waals surface area contributed by atoms with Crippen molar-refractivity contribution < 1.29 is 5.11 Å². The second-order valence-electron chi connectivity index (χ2n) is 5.80. The molecule has 112 valence electrons. The second kappa shape index (κ2) is 7.16. The average Bonchev–Trinajstić information content (AvgIpc) is 2.96. The van der Waals surface area contributed by atoms with Gasteiger partial charge in [0.2, 0.25) is 0 Å². The Morgan fingerprint density at radius 1 is 1.19 bits per heavy atom. The minimum absolute atomic E-state index is 0.339. The van der Waals surface area contributed by atoms with Gasteiger partial charge < -0.3 is 5.11 Å². The molecular weight excluding hydrogens is 280 g/mol. The second-order valence-corrected chi connectivity index (χ2v) is 6.74. The lowest BCUT2D eigenvalue weighted by Gasteiger charge is -2.30. The van der Waals surface area contributed by atoms with Crippen molar-refractivity contribution in [2.45, 2.75) is 25.8 Å². The van der Waals surface area contributed by atoms with Crippen molar-refractivity contribution >= 4 is 11.3 Å². The Bertz CT molecular complexity index is 547. The van der Waals surface area contributed by atoms with Crippen molar-refractivity contribution in [3.05, 3.63) is 52.0 Å². The third-order valence-corrected chi connectivity index (χ3v) is 5.05. The third-order valence-electron chi connectivity index (χ3n) is 4.15. The van der Waals surface area contributed by atoms with Crippen molar-refractivity contribution in [2.24, 2.45) is 5.92 Å². The van der Waals surface area contributed by atoms with Crippen LogP contribution >= 0.6 is 11.3 Å². The lowest BCUT2D eigenvalue weighted by molar-refractivity contribution is 0.126. The van der Waals surface area contributed by atoms with Gasteiger partial charge >= 0.3 is 0 Å². The highest BCUT2D eigenvalue weighted by Crippen LogP contribution is 2.20. The van der Waals surface area contributed by atoms with Crippen LogP contribution < -0.4 is 0 Å². The van der Waals surface area contributed by atoms with Crippen LogP contribution in [0.15, 0.2) is 35.7 Å². The highest BCUT2D eigenvalue weighted by atomic mass is 32.1. The van der Waals surface area contributed by atoms with E-state index in [-0.39, 0.29) is 0 Å². The molecule has 3 nitrogen and oxygen atoms in total. The van der Waals surface area contributed by atoms with Crippen molar-refractivity contribution in [1.29, 1.82) is 0 Å². The van der Waals surface area contributed by atoms with Crippen LogP contribution in [-0.2, 0) is 13.0 Å². The Hall–Kier alpha value is -1.23. The van der Waals surface area contributed by atoms with Crippen LogP contribution in [0.2, 0.25) is 0 Å². The summed E-state index contributed by atoms with van der Waals surface area (Å²) >= 11 is 1.76. The number of benzene rings is 1. The number of nitrogens with zero attached hydrogens (tertiary/aromatic N) is 2. The average molecular weight is 302 g/mol. The Balaban J connectivity index is 1.53. The first-order valence-corrected chi connectivity index (χ1v) is 8.52. The van der Waals surface area contributed by atoms with Crippen LogP contribution in [0.4, 0.5) is 0 Å². The molecule has 0 radical (unpaired) electrons. The van der Waals surface area contributed by atoms with Gasteiger partial charge in [-0.3, -0.25) is 4.90 Å². The van der Waals surface area contributed by atoms with Crippen molar-refractivity contribution in [2.75, 3.05) is 19.7 Å². The Morgan fingerprint density at radius 3 is 2.67 bits per heavy atom. The quantitative estimate of drug-likeness (QED) is 0.922. The Labute approximate surface area is 130 Å². The Kier molecular flexibility index (Phi) is 5.01. The zero-order valence-electron chi connectivity index (χ0n) is 12.2. The number of piperidine rings is 1. The summed E-state index contributed by atoms with van der Waals surface area (Å²) in [5, 5.41) is 12.6. The van der Waals surface area contributed by atoms with Crippen molar-refractivity contribution in [1.82, 2.24) is 9.88 Å². The number of thiazole rings is 1. The molecule has 1 aliphatic heterocycles. The van der Waals surface area contributed by atoms with E-state index in [1.807, 2.05) is 6.07 Å². The maximum absolute atomic E-state index is 9.18. The number of aromatic nitrogens is 1. The minimum atomic E-state index is 0.339. The van der Waals surface area contributed by atoms with E-state index in [2.05, 4.69) is 34.5 Å². The van der Waals surface area contributed by atoms with Gasteiger partial charge in [-0.15, -0.1) is 11.3 Å². The van der Waals surface area contributed by atoms with Gasteiger partial charge in [0, 0.05) is 25.0 Å². The first-order chi connectivity index (χ1) is 10.3. The molecule has 1 aromatic carbocycles. The molecule has 1 aromatic heterocycles. The van der Waals surface area contributed by atoms with Gasteiger partial charge in [-0.25, -0.2) is 4.98 Å². The molecule has 0 aliphatic carbocycles. The maximum Gasteiger partial charge on any atom is 0.0972 e. The number of aliphatic hydroxyl groups is 1. The molecule has 1 fully saturated rings. The molecule has 21 heavy (non-hydrogen) atoms. The molecule has 4 heteroatoms. The topological polar surface area (TPSA) is 36.4 Å². The normalized spacial score (nSPS) is 17.2. The van der Waals surface area contributed by atoms with Gasteiger partial charge in [-0.2, -0.15) is 0 Å². The van der Waals surface area contributed by atoms with Crippen molar-refractivity contribution in [3.63, 3.8) is 0 Å². The van der Waals surface area contributed by atoms with E-state index in [1.54, 1.807) is 11.3 Å². The molecule has 0 spiro atoms. The summed E-state index contributed by atoms with van der Waals surface area (Å²) in [6, 6.07) is 10.5. The summed E-state index contributed by atoms with van der Waals surface area (Å²) in [6.45, 7) is 3.45. The molecule has 3 rings (SSSR count). The number of hydrogen-bond acceptors (Lipinski definition) is 4. The fraction of sp³-hybridized carbons (Fsp3) is 0.471. The van der Waals surface area contributed by atoms with E-state index >= 15 is 0 Å². The molecule has 1 N–H and O–H groups in total. The first-order valence-electron chi connectivity index (χ1n) is 7.64. The fourth-order valence-electron chi connectivity index (χ4n) is 2.83. The summed E-state index contributed by atoms with van der Waals surface area (Å²) < 4.78 is 0. The summed E-state index contributed by atoms with van der Waals surface area (Å²) in [6.07, 6.45) is 3.15. The van der Waals surface area contributed by atoms with E-state index < -0.39 is 0 Å². The van der Waals surface area contributed by atoms with Gasteiger partial charge in [0.1, 0.15) is 0 Å². The zero-order chi connectivity index (χ0) is 14.5. The predicted octanol–water partition coefficient (Wildman–Crippen LogP) is 2.94. The van der Waals surface area contributed by atoms with Crippen LogP contribution in [0.1, 0.15) is 29.1 Å². The molecule has 0 unspecified atom stereocenters.